The van der Waals surface area contributed by atoms with Crippen LogP contribution in [0, 0.1) is 0 Å². The van der Waals surface area contributed by atoms with Crippen LogP contribution >= 0.6 is 0 Å². The van der Waals surface area contributed by atoms with Gasteiger partial charge in [-0.25, -0.2) is 0 Å². The Hall–Kier alpha value is -0.240. The Morgan fingerprint density at radius 1 is 1.43 bits per heavy atom. The number of nitrogens with one attached hydrogen (secondary N) is 1. The maximum Gasteiger partial charge on any atom is 0.191 e. The van der Waals surface area contributed by atoms with Crippen LogP contribution in [0.25, 0.3) is 0 Å². The number of rotatable bonds is 1. The second-order valence-corrected chi connectivity index (χ2v) is 3.96. The molecule has 2 saturated heterocycles. The van der Waals surface area contributed by atoms with Crippen molar-refractivity contribution in [3.05, 3.63) is 0 Å². The molecule has 2 aliphatic heterocycles. The normalized spacial score (nSPS) is 53.1. The van der Waals surface area contributed by atoms with Crippen LogP contribution < -0.4 is 5.32 Å². The third kappa shape index (κ3) is 1.54. The van der Waals surface area contributed by atoms with Gasteiger partial charge in [0.25, 0.3) is 0 Å². The zero-order valence-electron chi connectivity index (χ0n) is 7.63. The molecular weight excluding hydrogens is 190 g/mol. The SMILES string of the molecule is OCC1(O)CC2NCC(O)C(O)C2O1. The first-order valence-corrected chi connectivity index (χ1v) is 4.66. The predicted octanol–water partition coefficient (Wildman–Crippen LogP) is -2.85. The Morgan fingerprint density at radius 3 is 2.79 bits per heavy atom. The summed E-state index contributed by atoms with van der Waals surface area (Å²) in [5.41, 5.74) is 0. The summed E-state index contributed by atoms with van der Waals surface area (Å²) in [5.74, 6) is -1.59. The lowest BCUT2D eigenvalue weighted by atomic mass is 9.95. The molecule has 0 saturated carbocycles. The minimum absolute atomic E-state index is 0.217. The number of piperidine rings is 1. The fraction of sp³-hybridized carbons (Fsp3) is 1.00. The Bertz CT molecular complexity index is 226. The maximum atomic E-state index is 9.63. The van der Waals surface area contributed by atoms with E-state index in [1.165, 1.54) is 0 Å². The summed E-state index contributed by atoms with van der Waals surface area (Å²) in [6, 6.07) is -0.217. The van der Waals surface area contributed by atoms with Crippen molar-refractivity contribution < 1.29 is 25.2 Å². The van der Waals surface area contributed by atoms with E-state index in [1.54, 1.807) is 0 Å². The summed E-state index contributed by atoms with van der Waals surface area (Å²) in [5, 5.41) is 40.4. The third-order valence-electron chi connectivity index (χ3n) is 2.86. The van der Waals surface area contributed by atoms with Gasteiger partial charge in [-0.3, -0.25) is 0 Å². The lowest BCUT2D eigenvalue weighted by Crippen LogP contribution is -2.57. The van der Waals surface area contributed by atoms with Crippen molar-refractivity contribution in [2.75, 3.05) is 13.2 Å². The molecule has 0 aromatic carbocycles. The van der Waals surface area contributed by atoms with Crippen LogP contribution in [0.1, 0.15) is 6.42 Å². The second kappa shape index (κ2) is 3.41. The van der Waals surface area contributed by atoms with E-state index in [1.807, 2.05) is 0 Å². The molecule has 0 aliphatic carbocycles. The minimum Gasteiger partial charge on any atom is -0.391 e. The van der Waals surface area contributed by atoms with Crippen LogP contribution in [0.3, 0.4) is 0 Å². The van der Waals surface area contributed by atoms with Gasteiger partial charge in [-0.2, -0.15) is 0 Å². The van der Waals surface area contributed by atoms with Gasteiger partial charge in [0.1, 0.15) is 12.2 Å². The van der Waals surface area contributed by atoms with Crippen molar-refractivity contribution in [1.29, 1.82) is 0 Å². The second-order valence-electron chi connectivity index (χ2n) is 3.96. The highest BCUT2D eigenvalue weighted by molar-refractivity contribution is 5.00. The largest absolute Gasteiger partial charge is 0.391 e. The first-order chi connectivity index (χ1) is 6.56. The van der Waals surface area contributed by atoms with Crippen LogP contribution in [0.4, 0.5) is 0 Å². The predicted molar refractivity (Wildman–Crippen MR) is 45.3 cm³/mol. The molecule has 0 radical (unpaired) electrons. The number of ether oxygens (including phenoxy) is 1. The van der Waals surface area contributed by atoms with E-state index >= 15 is 0 Å². The highest BCUT2D eigenvalue weighted by atomic mass is 16.7. The summed E-state index contributed by atoms with van der Waals surface area (Å²) >= 11 is 0. The van der Waals surface area contributed by atoms with Gasteiger partial charge in [0.2, 0.25) is 0 Å². The van der Waals surface area contributed by atoms with Crippen LogP contribution in [-0.2, 0) is 4.74 Å². The molecule has 5 N–H and O–H groups in total. The zero-order valence-corrected chi connectivity index (χ0v) is 7.63. The van der Waals surface area contributed by atoms with Crippen LogP contribution in [0.15, 0.2) is 0 Å². The van der Waals surface area contributed by atoms with Gasteiger partial charge in [0.05, 0.1) is 12.7 Å². The molecule has 0 aromatic rings. The molecule has 2 rings (SSSR count). The van der Waals surface area contributed by atoms with E-state index in [2.05, 4.69) is 5.32 Å². The number of hydrogen-bond donors (Lipinski definition) is 5. The average Bonchev–Trinajstić information content (AvgIpc) is 2.51. The van der Waals surface area contributed by atoms with Crippen LogP contribution in [0.5, 0.6) is 0 Å². The topological polar surface area (TPSA) is 102 Å². The standard InChI is InChI=1S/C8H15NO5/c10-3-8(13)1-4-7(14-8)6(12)5(11)2-9-4/h4-7,9-13H,1-3H2. The summed E-state index contributed by atoms with van der Waals surface area (Å²) in [7, 11) is 0. The van der Waals surface area contributed by atoms with Crippen molar-refractivity contribution in [3.63, 3.8) is 0 Å². The maximum absolute atomic E-state index is 9.63. The van der Waals surface area contributed by atoms with E-state index < -0.39 is 30.7 Å². The molecule has 0 amide bonds. The molecule has 5 unspecified atom stereocenters. The fourth-order valence-corrected chi connectivity index (χ4v) is 2.05. The van der Waals surface area contributed by atoms with Gasteiger partial charge >= 0.3 is 0 Å². The molecule has 82 valence electrons. The van der Waals surface area contributed by atoms with Crippen LogP contribution in [0.2, 0.25) is 0 Å². The fourth-order valence-electron chi connectivity index (χ4n) is 2.05. The van der Waals surface area contributed by atoms with Crippen molar-refractivity contribution in [2.45, 2.75) is 36.6 Å². The van der Waals surface area contributed by atoms with Gasteiger partial charge in [-0.1, -0.05) is 0 Å². The third-order valence-corrected chi connectivity index (χ3v) is 2.86. The number of fused-ring (bicyclic) bond motifs is 1. The number of β-amino-alcohol motifs (C(OH)–C–C–N with tert-alkyl or cyclic N) is 1. The Kier molecular flexibility index (Phi) is 2.50. The first kappa shape index (κ1) is 10.3. The van der Waals surface area contributed by atoms with E-state index in [4.69, 9.17) is 9.84 Å². The highest BCUT2D eigenvalue weighted by Crippen LogP contribution is 2.32. The summed E-state index contributed by atoms with van der Waals surface area (Å²) in [6.45, 7) is -0.238. The highest BCUT2D eigenvalue weighted by Gasteiger charge is 2.51. The monoisotopic (exact) mass is 205 g/mol. The van der Waals surface area contributed by atoms with Gasteiger partial charge in [-0.05, 0) is 0 Å². The number of aliphatic hydroxyl groups is 4. The van der Waals surface area contributed by atoms with E-state index in [0.29, 0.717) is 0 Å². The summed E-state index contributed by atoms with van der Waals surface area (Å²) in [4.78, 5) is 0. The van der Waals surface area contributed by atoms with Crippen molar-refractivity contribution in [2.24, 2.45) is 0 Å². The van der Waals surface area contributed by atoms with Crippen molar-refractivity contribution in [3.8, 4) is 0 Å². The Labute approximate surface area is 81.1 Å². The summed E-state index contributed by atoms with van der Waals surface area (Å²) < 4.78 is 5.12. The first-order valence-electron chi connectivity index (χ1n) is 4.66. The zero-order chi connectivity index (χ0) is 10.3. The smallest absolute Gasteiger partial charge is 0.191 e. The number of hydrogen-bond acceptors (Lipinski definition) is 6. The molecule has 0 aromatic heterocycles. The number of aliphatic hydroxyl groups excluding tert-OH is 3. The van der Waals surface area contributed by atoms with Crippen LogP contribution in [-0.4, -0.2) is 63.7 Å². The Morgan fingerprint density at radius 2 is 2.14 bits per heavy atom. The molecule has 0 bridgehead atoms. The Balaban J connectivity index is 2.10. The summed E-state index contributed by atoms with van der Waals surface area (Å²) in [6.07, 6.45) is -2.34. The molecule has 6 heteroatoms. The van der Waals surface area contributed by atoms with Gasteiger partial charge in [0, 0.05) is 19.0 Å². The molecule has 14 heavy (non-hydrogen) atoms. The molecule has 0 spiro atoms. The van der Waals surface area contributed by atoms with Gasteiger partial charge < -0.3 is 30.5 Å². The molecule has 2 heterocycles. The van der Waals surface area contributed by atoms with Crippen molar-refractivity contribution >= 4 is 0 Å². The molecular formula is C8H15NO5. The van der Waals surface area contributed by atoms with E-state index in [-0.39, 0.29) is 19.0 Å². The van der Waals surface area contributed by atoms with Gasteiger partial charge in [0.15, 0.2) is 5.79 Å². The van der Waals surface area contributed by atoms with E-state index in [0.717, 1.165) is 0 Å². The van der Waals surface area contributed by atoms with Crippen molar-refractivity contribution in [1.82, 2.24) is 5.32 Å². The molecule has 5 atom stereocenters. The quantitative estimate of drug-likeness (QED) is 0.316. The molecule has 2 fully saturated rings. The molecule has 2 aliphatic rings. The molecule has 6 nitrogen and oxygen atoms in total. The minimum atomic E-state index is -1.59. The van der Waals surface area contributed by atoms with Gasteiger partial charge in [-0.15, -0.1) is 0 Å². The lowest BCUT2D eigenvalue weighted by Gasteiger charge is -2.33. The lowest BCUT2D eigenvalue weighted by molar-refractivity contribution is -0.233. The van der Waals surface area contributed by atoms with E-state index in [9.17, 15) is 15.3 Å². The average molecular weight is 205 g/mol.